The van der Waals surface area contributed by atoms with Gasteiger partial charge in [0.25, 0.3) is 0 Å². The molecule has 0 bridgehead atoms. The average molecular weight is 260 g/mol. The highest BCUT2D eigenvalue weighted by Gasteiger charge is 2.08. The molecule has 98 valence electrons. The van der Waals surface area contributed by atoms with Crippen molar-refractivity contribution in [3.05, 3.63) is 18.5 Å². The first-order valence-electron chi connectivity index (χ1n) is 5.79. The van der Waals surface area contributed by atoms with Gasteiger partial charge in [0.05, 0.1) is 5.75 Å². The quantitative estimate of drug-likeness (QED) is 0.608. The van der Waals surface area contributed by atoms with Crippen LogP contribution < -0.4 is 10.5 Å². The molecule has 1 heterocycles. The number of rotatable bonds is 9. The molecule has 3 N–H and O–H groups in total. The third-order valence-corrected chi connectivity index (χ3v) is 3.78. The molecule has 1 aromatic heterocycles. The van der Waals surface area contributed by atoms with Gasteiger partial charge in [-0.3, -0.25) is 4.68 Å². The summed E-state index contributed by atoms with van der Waals surface area (Å²) >= 11 is 0. The van der Waals surface area contributed by atoms with Crippen LogP contribution in [0, 0.1) is 0 Å². The van der Waals surface area contributed by atoms with Crippen molar-refractivity contribution in [3.8, 4) is 0 Å². The predicted molar refractivity (Wildman–Crippen MR) is 66.9 cm³/mol. The van der Waals surface area contributed by atoms with Crippen LogP contribution in [0.1, 0.15) is 19.3 Å². The zero-order chi connectivity index (χ0) is 12.6. The van der Waals surface area contributed by atoms with Gasteiger partial charge in [0.2, 0.25) is 10.0 Å². The number of aryl methyl sites for hydroxylation is 1. The Kier molecular flexibility index (Phi) is 6.17. The fraction of sp³-hybridized carbons (Fsp3) is 0.700. The van der Waals surface area contributed by atoms with E-state index in [0.717, 1.165) is 19.4 Å². The summed E-state index contributed by atoms with van der Waals surface area (Å²) in [4.78, 5) is 0. The van der Waals surface area contributed by atoms with Crippen LogP contribution in [0.5, 0.6) is 0 Å². The van der Waals surface area contributed by atoms with Crippen LogP contribution in [0.4, 0.5) is 0 Å². The molecule has 0 saturated heterocycles. The van der Waals surface area contributed by atoms with E-state index in [1.807, 2.05) is 12.3 Å². The van der Waals surface area contributed by atoms with Crippen LogP contribution in [-0.2, 0) is 16.6 Å². The van der Waals surface area contributed by atoms with E-state index in [2.05, 4.69) is 9.82 Å². The van der Waals surface area contributed by atoms with E-state index in [-0.39, 0.29) is 5.75 Å². The smallest absolute Gasteiger partial charge is 0.211 e. The molecule has 0 atom stereocenters. The molecule has 17 heavy (non-hydrogen) atoms. The van der Waals surface area contributed by atoms with E-state index in [9.17, 15) is 8.42 Å². The largest absolute Gasteiger partial charge is 0.330 e. The van der Waals surface area contributed by atoms with Gasteiger partial charge in [-0.1, -0.05) is 0 Å². The minimum absolute atomic E-state index is 0.159. The Morgan fingerprint density at radius 3 is 2.76 bits per heavy atom. The van der Waals surface area contributed by atoms with Crippen LogP contribution in [0.15, 0.2) is 18.5 Å². The normalized spacial score (nSPS) is 11.8. The summed E-state index contributed by atoms with van der Waals surface area (Å²) in [6.07, 6.45) is 5.66. The maximum atomic E-state index is 11.5. The van der Waals surface area contributed by atoms with Crippen LogP contribution >= 0.6 is 0 Å². The zero-order valence-electron chi connectivity index (χ0n) is 9.88. The van der Waals surface area contributed by atoms with E-state index in [1.54, 1.807) is 10.9 Å². The third kappa shape index (κ3) is 6.40. The molecule has 1 aromatic rings. The van der Waals surface area contributed by atoms with Crippen LogP contribution in [0.2, 0.25) is 0 Å². The number of sulfonamides is 1. The second-order valence-corrected chi connectivity index (χ2v) is 5.76. The maximum absolute atomic E-state index is 11.5. The molecule has 0 saturated carbocycles. The van der Waals surface area contributed by atoms with Gasteiger partial charge in [-0.25, -0.2) is 13.1 Å². The Morgan fingerprint density at radius 1 is 1.29 bits per heavy atom. The Bertz CT molecular complexity index is 388. The van der Waals surface area contributed by atoms with Crippen LogP contribution in [0.25, 0.3) is 0 Å². The van der Waals surface area contributed by atoms with Crippen LogP contribution in [-0.4, -0.2) is 37.0 Å². The maximum Gasteiger partial charge on any atom is 0.211 e. The first-order valence-corrected chi connectivity index (χ1v) is 7.44. The van der Waals surface area contributed by atoms with E-state index in [1.165, 1.54) is 0 Å². The topological polar surface area (TPSA) is 90.0 Å². The first-order chi connectivity index (χ1) is 8.14. The van der Waals surface area contributed by atoms with Gasteiger partial charge < -0.3 is 5.73 Å². The SMILES string of the molecule is NCCCCS(=O)(=O)NCCCn1cccn1. The fourth-order valence-electron chi connectivity index (χ4n) is 1.41. The van der Waals surface area contributed by atoms with Crippen molar-refractivity contribution in [2.24, 2.45) is 5.73 Å². The van der Waals surface area contributed by atoms with Crippen molar-refractivity contribution in [2.75, 3.05) is 18.8 Å². The molecule has 0 aliphatic heterocycles. The first kappa shape index (κ1) is 14.1. The summed E-state index contributed by atoms with van der Waals surface area (Å²) in [6, 6.07) is 1.84. The van der Waals surface area contributed by atoms with Gasteiger partial charge >= 0.3 is 0 Å². The minimum Gasteiger partial charge on any atom is -0.330 e. The minimum atomic E-state index is -3.13. The van der Waals surface area contributed by atoms with Crippen molar-refractivity contribution in [1.82, 2.24) is 14.5 Å². The molecule has 0 spiro atoms. The van der Waals surface area contributed by atoms with Gasteiger partial charge in [-0.05, 0) is 31.9 Å². The molecule has 6 nitrogen and oxygen atoms in total. The lowest BCUT2D eigenvalue weighted by atomic mass is 10.3. The number of hydrogen-bond acceptors (Lipinski definition) is 4. The van der Waals surface area contributed by atoms with Gasteiger partial charge in [-0.15, -0.1) is 0 Å². The van der Waals surface area contributed by atoms with Gasteiger partial charge in [0, 0.05) is 25.5 Å². The van der Waals surface area contributed by atoms with E-state index < -0.39 is 10.0 Å². The highest BCUT2D eigenvalue weighted by molar-refractivity contribution is 7.89. The summed E-state index contributed by atoms with van der Waals surface area (Å²) in [5.41, 5.74) is 5.31. The molecular formula is C10H20N4O2S. The fourth-order valence-corrected chi connectivity index (χ4v) is 2.59. The second-order valence-electron chi connectivity index (χ2n) is 3.83. The highest BCUT2D eigenvalue weighted by atomic mass is 32.2. The number of nitrogens with one attached hydrogen (secondary N) is 1. The Labute approximate surface area is 102 Å². The average Bonchev–Trinajstić information content (AvgIpc) is 2.77. The molecule has 0 unspecified atom stereocenters. The highest BCUT2D eigenvalue weighted by Crippen LogP contribution is 1.94. The van der Waals surface area contributed by atoms with Crippen molar-refractivity contribution in [3.63, 3.8) is 0 Å². The summed E-state index contributed by atoms with van der Waals surface area (Å²) in [6.45, 7) is 1.71. The predicted octanol–water partition coefficient (Wildman–Crippen LogP) is -0.0685. The molecular weight excluding hydrogens is 240 g/mol. The number of unbranched alkanes of at least 4 members (excludes halogenated alkanes) is 1. The van der Waals surface area contributed by atoms with E-state index in [4.69, 9.17) is 5.73 Å². The number of nitrogens with two attached hydrogens (primary N) is 1. The molecule has 7 heteroatoms. The van der Waals surface area contributed by atoms with Gasteiger partial charge in [0.1, 0.15) is 0 Å². The molecule has 0 amide bonds. The van der Waals surface area contributed by atoms with Gasteiger partial charge in [0.15, 0.2) is 0 Å². The molecule has 0 aromatic carbocycles. The monoisotopic (exact) mass is 260 g/mol. The third-order valence-electron chi connectivity index (χ3n) is 2.31. The van der Waals surface area contributed by atoms with Crippen molar-refractivity contribution < 1.29 is 8.42 Å². The summed E-state index contributed by atoms with van der Waals surface area (Å²) in [7, 11) is -3.13. The lowest BCUT2D eigenvalue weighted by Gasteiger charge is -2.06. The molecule has 0 fully saturated rings. The second kappa shape index (κ2) is 7.41. The van der Waals surface area contributed by atoms with E-state index in [0.29, 0.717) is 19.5 Å². The van der Waals surface area contributed by atoms with E-state index >= 15 is 0 Å². The van der Waals surface area contributed by atoms with Crippen molar-refractivity contribution in [1.29, 1.82) is 0 Å². The van der Waals surface area contributed by atoms with Crippen LogP contribution in [0.3, 0.4) is 0 Å². The Morgan fingerprint density at radius 2 is 2.12 bits per heavy atom. The van der Waals surface area contributed by atoms with Gasteiger partial charge in [-0.2, -0.15) is 5.10 Å². The summed E-state index contributed by atoms with van der Waals surface area (Å²) in [5.74, 6) is 0.159. The standard InChI is InChI=1S/C10H20N4O2S/c11-5-1-2-10-17(15,16)13-7-4-9-14-8-3-6-12-14/h3,6,8,13H,1-2,4-5,7,9-11H2. The Hall–Kier alpha value is -0.920. The zero-order valence-corrected chi connectivity index (χ0v) is 10.7. The Balaban J connectivity index is 2.12. The molecule has 0 radical (unpaired) electrons. The lowest BCUT2D eigenvalue weighted by molar-refractivity contribution is 0.551. The molecule has 0 aliphatic rings. The lowest BCUT2D eigenvalue weighted by Crippen LogP contribution is -2.28. The molecule has 1 rings (SSSR count). The number of nitrogens with zero attached hydrogens (tertiary/aromatic N) is 2. The summed E-state index contributed by atoms with van der Waals surface area (Å²) in [5, 5.41) is 4.04. The van der Waals surface area contributed by atoms with Crippen molar-refractivity contribution >= 4 is 10.0 Å². The summed E-state index contributed by atoms with van der Waals surface area (Å²) < 4.78 is 27.3. The number of aromatic nitrogens is 2. The number of hydrogen-bond donors (Lipinski definition) is 2. The van der Waals surface area contributed by atoms with Crippen molar-refractivity contribution in [2.45, 2.75) is 25.8 Å². The molecule has 0 aliphatic carbocycles.